The second kappa shape index (κ2) is 4.25. The first-order valence-electron chi connectivity index (χ1n) is 6.06. The van der Waals surface area contributed by atoms with Crippen LogP contribution >= 0.6 is 0 Å². The molecule has 3 heteroatoms. The number of pyridine rings is 1. The summed E-state index contributed by atoms with van der Waals surface area (Å²) in [6.07, 6.45) is 10.8. The number of terminal acetylenes is 1. The molecule has 0 atom stereocenters. The quantitative estimate of drug-likeness (QED) is 0.619. The zero-order valence-electron chi connectivity index (χ0n) is 10.9. The minimum absolute atomic E-state index is 0.771. The molecule has 0 amide bonds. The maximum atomic E-state index is 5.48. The zero-order chi connectivity index (χ0) is 13.4. The molecule has 0 radical (unpaired) electrons. The number of nitrogens with zero attached hydrogens (tertiary/aromatic N) is 3. The highest BCUT2D eigenvalue weighted by atomic mass is 15.3. The van der Waals surface area contributed by atoms with E-state index in [1.165, 1.54) is 11.1 Å². The molecule has 1 aromatic carbocycles. The van der Waals surface area contributed by atoms with Gasteiger partial charge in [-0.1, -0.05) is 12.0 Å². The second-order valence-corrected chi connectivity index (χ2v) is 4.59. The van der Waals surface area contributed by atoms with Crippen molar-refractivity contribution < 1.29 is 0 Å². The number of aromatic nitrogens is 3. The number of fused-ring (bicyclic) bond motifs is 1. The maximum Gasteiger partial charge on any atom is 0.0936 e. The van der Waals surface area contributed by atoms with E-state index in [1.807, 2.05) is 4.68 Å². The average molecular weight is 247 g/mol. The Kier molecular flexibility index (Phi) is 2.57. The Hall–Kier alpha value is -2.60. The lowest BCUT2D eigenvalue weighted by atomic mass is 10.1. The van der Waals surface area contributed by atoms with Gasteiger partial charge in [0.2, 0.25) is 0 Å². The van der Waals surface area contributed by atoms with Gasteiger partial charge in [0.05, 0.1) is 29.2 Å². The Bertz CT molecular complexity index is 806. The molecule has 3 nitrogen and oxygen atoms in total. The van der Waals surface area contributed by atoms with Crippen LogP contribution in [0.3, 0.4) is 0 Å². The van der Waals surface area contributed by atoms with Crippen molar-refractivity contribution in [1.29, 1.82) is 0 Å². The first-order chi connectivity index (χ1) is 9.20. The normalized spacial score (nSPS) is 10.6. The zero-order valence-corrected chi connectivity index (χ0v) is 10.9. The molecule has 0 bridgehead atoms. The third-order valence-corrected chi connectivity index (χ3v) is 3.39. The molecular formula is C16H13N3. The molecule has 19 heavy (non-hydrogen) atoms. The fourth-order valence-electron chi connectivity index (χ4n) is 2.12. The Morgan fingerprint density at radius 3 is 2.68 bits per heavy atom. The summed E-state index contributed by atoms with van der Waals surface area (Å²) in [6.45, 7) is 4.19. The summed E-state index contributed by atoms with van der Waals surface area (Å²) >= 11 is 0. The summed E-state index contributed by atoms with van der Waals surface area (Å²) < 4.78 is 1.87. The van der Waals surface area contributed by atoms with Crippen LogP contribution in [-0.4, -0.2) is 14.8 Å². The largest absolute Gasteiger partial charge is 0.261 e. The molecule has 0 unspecified atom stereocenters. The van der Waals surface area contributed by atoms with Crippen molar-refractivity contribution in [3.8, 4) is 18.0 Å². The number of hydrogen-bond donors (Lipinski definition) is 0. The highest BCUT2D eigenvalue weighted by Gasteiger charge is 2.08. The van der Waals surface area contributed by atoms with Crippen LogP contribution in [0.25, 0.3) is 16.6 Å². The van der Waals surface area contributed by atoms with Gasteiger partial charge in [-0.3, -0.25) is 4.98 Å². The predicted molar refractivity (Wildman–Crippen MR) is 76.3 cm³/mol. The van der Waals surface area contributed by atoms with Gasteiger partial charge in [-0.05, 0) is 37.1 Å². The average Bonchev–Trinajstić information content (AvgIpc) is 2.85. The molecule has 0 spiro atoms. The molecule has 3 aromatic rings. The fraction of sp³-hybridized carbons (Fsp3) is 0.125. The summed E-state index contributed by atoms with van der Waals surface area (Å²) in [7, 11) is 0. The molecular weight excluding hydrogens is 234 g/mol. The van der Waals surface area contributed by atoms with Gasteiger partial charge in [0.15, 0.2) is 0 Å². The van der Waals surface area contributed by atoms with Crippen LogP contribution in [0.4, 0.5) is 0 Å². The summed E-state index contributed by atoms with van der Waals surface area (Å²) in [4.78, 5) is 4.18. The third-order valence-electron chi connectivity index (χ3n) is 3.39. The SMILES string of the molecule is C#Cc1cncc2c1cnn2-c1ccc(C)c(C)c1. The van der Waals surface area contributed by atoms with E-state index in [1.54, 1.807) is 18.6 Å². The summed E-state index contributed by atoms with van der Waals surface area (Å²) in [5.74, 6) is 2.64. The van der Waals surface area contributed by atoms with E-state index in [2.05, 4.69) is 48.0 Å². The van der Waals surface area contributed by atoms with E-state index in [0.717, 1.165) is 22.2 Å². The molecule has 0 fully saturated rings. The molecule has 92 valence electrons. The first kappa shape index (κ1) is 11.5. The smallest absolute Gasteiger partial charge is 0.0936 e. The lowest BCUT2D eigenvalue weighted by molar-refractivity contribution is 0.906. The van der Waals surface area contributed by atoms with E-state index in [0.29, 0.717) is 0 Å². The fourth-order valence-corrected chi connectivity index (χ4v) is 2.12. The van der Waals surface area contributed by atoms with Crippen LogP contribution < -0.4 is 0 Å². The number of aryl methyl sites for hydroxylation is 2. The van der Waals surface area contributed by atoms with E-state index in [9.17, 15) is 0 Å². The number of benzene rings is 1. The maximum absolute atomic E-state index is 5.48. The Morgan fingerprint density at radius 1 is 1.11 bits per heavy atom. The minimum Gasteiger partial charge on any atom is -0.261 e. The van der Waals surface area contributed by atoms with E-state index < -0.39 is 0 Å². The van der Waals surface area contributed by atoms with Crippen molar-refractivity contribution in [3.63, 3.8) is 0 Å². The molecule has 0 aliphatic carbocycles. The molecule has 0 N–H and O–H groups in total. The van der Waals surface area contributed by atoms with E-state index in [-0.39, 0.29) is 0 Å². The van der Waals surface area contributed by atoms with Gasteiger partial charge in [-0.25, -0.2) is 4.68 Å². The van der Waals surface area contributed by atoms with Gasteiger partial charge in [0.1, 0.15) is 0 Å². The molecule has 0 aliphatic heterocycles. The van der Waals surface area contributed by atoms with Crippen LogP contribution in [0.2, 0.25) is 0 Å². The van der Waals surface area contributed by atoms with Crippen LogP contribution in [0.15, 0.2) is 36.8 Å². The van der Waals surface area contributed by atoms with Crippen molar-refractivity contribution in [2.45, 2.75) is 13.8 Å². The lowest BCUT2D eigenvalue weighted by Gasteiger charge is -2.06. The van der Waals surface area contributed by atoms with E-state index >= 15 is 0 Å². The molecule has 3 rings (SSSR count). The minimum atomic E-state index is 0.771. The third kappa shape index (κ3) is 1.78. The molecule has 2 heterocycles. The van der Waals surface area contributed by atoms with Crippen molar-refractivity contribution in [3.05, 3.63) is 53.5 Å². The van der Waals surface area contributed by atoms with Gasteiger partial charge >= 0.3 is 0 Å². The van der Waals surface area contributed by atoms with Crippen LogP contribution in [0.5, 0.6) is 0 Å². The topological polar surface area (TPSA) is 30.7 Å². The van der Waals surface area contributed by atoms with Crippen molar-refractivity contribution in [2.75, 3.05) is 0 Å². The monoisotopic (exact) mass is 247 g/mol. The highest BCUT2D eigenvalue weighted by Crippen LogP contribution is 2.21. The Morgan fingerprint density at radius 2 is 1.95 bits per heavy atom. The summed E-state index contributed by atoms with van der Waals surface area (Å²) in [6, 6.07) is 6.26. The van der Waals surface area contributed by atoms with Crippen LogP contribution in [0.1, 0.15) is 16.7 Å². The van der Waals surface area contributed by atoms with Crippen molar-refractivity contribution >= 4 is 10.9 Å². The molecule has 0 aliphatic rings. The Labute approximate surface area is 111 Å². The number of hydrogen-bond acceptors (Lipinski definition) is 2. The van der Waals surface area contributed by atoms with Crippen LogP contribution in [-0.2, 0) is 0 Å². The standard InChI is InChI=1S/C16H13N3/c1-4-13-8-17-10-16-15(13)9-18-19(16)14-6-5-11(2)12(3)7-14/h1,5-10H,2-3H3. The van der Waals surface area contributed by atoms with Gasteiger partial charge in [-0.15, -0.1) is 6.42 Å². The Balaban J connectivity index is 2.26. The first-order valence-corrected chi connectivity index (χ1v) is 6.06. The molecule has 2 aromatic heterocycles. The van der Waals surface area contributed by atoms with Crippen molar-refractivity contribution in [2.24, 2.45) is 0 Å². The van der Waals surface area contributed by atoms with Gasteiger partial charge in [0.25, 0.3) is 0 Å². The number of rotatable bonds is 1. The van der Waals surface area contributed by atoms with Crippen molar-refractivity contribution in [1.82, 2.24) is 14.8 Å². The van der Waals surface area contributed by atoms with E-state index in [4.69, 9.17) is 6.42 Å². The molecule has 0 saturated carbocycles. The van der Waals surface area contributed by atoms with Gasteiger partial charge < -0.3 is 0 Å². The highest BCUT2D eigenvalue weighted by molar-refractivity contribution is 5.85. The lowest BCUT2D eigenvalue weighted by Crippen LogP contribution is -1.97. The van der Waals surface area contributed by atoms with Crippen LogP contribution in [0, 0.1) is 26.2 Å². The van der Waals surface area contributed by atoms with Gasteiger partial charge in [0, 0.05) is 11.6 Å². The second-order valence-electron chi connectivity index (χ2n) is 4.59. The summed E-state index contributed by atoms with van der Waals surface area (Å²) in [5, 5.41) is 5.38. The summed E-state index contributed by atoms with van der Waals surface area (Å²) in [5.41, 5.74) is 5.23. The van der Waals surface area contributed by atoms with Gasteiger partial charge in [-0.2, -0.15) is 5.10 Å². The predicted octanol–water partition coefficient (Wildman–Crippen LogP) is 3.02. The molecule has 0 saturated heterocycles.